The Morgan fingerprint density at radius 2 is 1.71 bits per heavy atom. The number of rotatable bonds is 8. The largest absolute Gasteiger partial charge is 0.497 e. The molecule has 5 N–H and O–H groups in total. The maximum atomic E-state index is 12.5. The van der Waals surface area contributed by atoms with E-state index in [0.29, 0.717) is 35.1 Å². The second-order valence-electron chi connectivity index (χ2n) is 8.49. The number of anilines is 4. The molecule has 0 aliphatic carbocycles. The third kappa shape index (κ3) is 6.58. The number of hydrogen-bond donors (Lipinski definition) is 4. The molecular weight excluding hydrogens is 436 g/mol. The number of nitrogens with two attached hydrogens (primary N) is 1. The van der Waals surface area contributed by atoms with Crippen LogP contribution < -0.4 is 26.6 Å². The molecule has 2 aromatic carbocycles. The number of amides is 1. The lowest BCUT2D eigenvalue weighted by molar-refractivity contribution is -0.149. The first-order valence-corrected chi connectivity index (χ1v) is 10.5. The van der Waals surface area contributed by atoms with Crippen LogP contribution in [0.25, 0.3) is 0 Å². The van der Waals surface area contributed by atoms with Crippen molar-refractivity contribution in [3.8, 4) is 5.75 Å². The van der Waals surface area contributed by atoms with Crippen LogP contribution in [0.3, 0.4) is 0 Å². The van der Waals surface area contributed by atoms with Crippen LogP contribution in [-0.4, -0.2) is 29.0 Å². The van der Waals surface area contributed by atoms with Gasteiger partial charge in [0.05, 0.1) is 23.9 Å². The summed E-state index contributed by atoms with van der Waals surface area (Å²) in [6.07, 6.45) is 1.31. The van der Waals surface area contributed by atoms with Crippen molar-refractivity contribution in [1.29, 1.82) is 0 Å². The predicted molar refractivity (Wildman–Crippen MR) is 130 cm³/mol. The van der Waals surface area contributed by atoms with Gasteiger partial charge in [0.2, 0.25) is 0 Å². The molecule has 0 spiro atoms. The molecule has 3 rings (SSSR count). The lowest BCUT2D eigenvalue weighted by Crippen LogP contribution is -2.25. The van der Waals surface area contributed by atoms with Crippen molar-refractivity contribution in [2.75, 3.05) is 23.6 Å². The lowest BCUT2D eigenvalue weighted by Gasteiger charge is -2.16. The molecule has 10 heteroatoms. The number of hydrogen-bond acceptors (Lipinski definition) is 9. The molecular formula is C24H28N6O4. The lowest BCUT2D eigenvalue weighted by atomic mass is 9.98. The summed E-state index contributed by atoms with van der Waals surface area (Å²) < 4.78 is 5.13. The van der Waals surface area contributed by atoms with E-state index in [9.17, 15) is 9.59 Å². The summed E-state index contributed by atoms with van der Waals surface area (Å²) in [7, 11) is 1.60. The first-order valence-electron chi connectivity index (χ1n) is 10.5. The Morgan fingerprint density at radius 1 is 1.00 bits per heavy atom. The Bertz CT molecular complexity index is 1160. The smallest absolute Gasteiger partial charge is 0.337 e. The average Bonchev–Trinajstić information content (AvgIpc) is 2.82. The van der Waals surface area contributed by atoms with Gasteiger partial charge >= 0.3 is 5.97 Å². The monoisotopic (exact) mass is 464 g/mol. The van der Waals surface area contributed by atoms with Crippen molar-refractivity contribution < 1.29 is 19.2 Å². The van der Waals surface area contributed by atoms with Gasteiger partial charge in [0.1, 0.15) is 17.9 Å². The van der Waals surface area contributed by atoms with E-state index in [4.69, 9.17) is 15.3 Å². The molecule has 0 fully saturated rings. The van der Waals surface area contributed by atoms with E-state index >= 15 is 0 Å². The fraction of sp³-hybridized carbons (Fsp3) is 0.250. The van der Waals surface area contributed by atoms with E-state index in [1.807, 2.05) is 24.3 Å². The highest BCUT2D eigenvalue weighted by molar-refractivity contribution is 5.96. The SMILES string of the molecule is COc1ccc(CNC(=O)c2ccc(Nc3cc(NOC(=O)C(C)(C)C)ncn3)c(N)c2)cc1. The van der Waals surface area contributed by atoms with Crippen LogP contribution in [0.2, 0.25) is 0 Å². The number of benzene rings is 2. The minimum Gasteiger partial charge on any atom is -0.497 e. The van der Waals surface area contributed by atoms with Gasteiger partial charge in [-0.05, 0) is 56.7 Å². The highest BCUT2D eigenvalue weighted by Crippen LogP contribution is 2.24. The van der Waals surface area contributed by atoms with Crippen molar-refractivity contribution in [1.82, 2.24) is 15.3 Å². The summed E-state index contributed by atoms with van der Waals surface area (Å²) in [6, 6.07) is 13.9. The second kappa shape index (κ2) is 10.5. The minimum absolute atomic E-state index is 0.247. The number of nitrogens with one attached hydrogen (secondary N) is 3. The summed E-state index contributed by atoms with van der Waals surface area (Å²) in [5.74, 6) is 0.799. The molecule has 0 radical (unpaired) electrons. The van der Waals surface area contributed by atoms with Gasteiger partial charge < -0.3 is 25.9 Å². The number of nitrogens with zero attached hydrogens (tertiary/aromatic N) is 2. The number of carbonyl (C=O) groups excluding carboxylic acids is 2. The summed E-state index contributed by atoms with van der Waals surface area (Å²) in [5, 5.41) is 5.93. The summed E-state index contributed by atoms with van der Waals surface area (Å²) in [4.78, 5) is 37.6. The van der Waals surface area contributed by atoms with Gasteiger partial charge in [-0.25, -0.2) is 20.2 Å². The van der Waals surface area contributed by atoms with Crippen molar-refractivity contribution in [2.24, 2.45) is 5.41 Å². The molecule has 3 aromatic rings. The van der Waals surface area contributed by atoms with Gasteiger partial charge in [-0.1, -0.05) is 12.1 Å². The van der Waals surface area contributed by atoms with Gasteiger partial charge in [0, 0.05) is 18.2 Å². The summed E-state index contributed by atoms with van der Waals surface area (Å²) in [5.41, 5.74) is 10.3. The normalized spacial score (nSPS) is 10.8. The molecule has 34 heavy (non-hydrogen) atoms. The Balaban J connectivity index is 1.60. The number of ether oxygens (including phenoxy) is 1. The van der Waals surface area contributed by atoms with Gasteiger partial charge in [-0.2, -0.15) is 0 Å². The van der Waals surface area contributed by atoms with E-state index in [-0.39, 0.29) is 5.91 Å². The molecule has 0 aliphatic rings. The summed E-state index contributed by atoms with van der Waals surface area (Å²) in [6.45, 7) is 5.61. The van der Waals surface area contributed by atoms with Crippen molar-refractivity contribution >= 4 is 34.9 Å². The Hall–Kier alpha value is -4.34. The Morgan fingerprint density at radius 3 is 2.35 bits per heavy atom. The highest BCUT2D eigenvalue weighted by atomic mass is 16.7. The maximum Gasteiger partial charge on any atom is 0.337 e. The van der Waals surface area contributed by atoms with Crippen LogP contribution >= 0.6 is 0 Å². The van der Waals surface area contributed by atoms with Crippen LogP contribution in [0, 0.1) is 5.41 Å². The van der Waals surface area contributed by atoms with Gasteiger partial charge in [-0.15, -0.1) is 0 Å². The highest BCUT2D eigenvalue weighted by Gasteiger charge is 2.23. The molecule has 10 nitrogen and oxygen atoms in total. The van der Waals surface area contributed by atoms with Crippen molar-refractivity contribution in [3.63, 3.8) is 0 Å². The molecule has 1 amide bonds. The number of nitrogen functional groups attached to an aromatic ring is 1. The van der Waals surface area contributed by atoms with Gasteiger partial charge in [0.15, 0.2) is 5.82 Å². The zero-order valence-electron chi connectivity index (χ0n) is 19.5. The Kier molecular flexibility index (Phi) is 7.52. The quantitative estimate of drug-likeness (QED) is 0.290. The molecule has 0 atom stereocenters. The first kappa shape index (κ1) is 24.3. The number of methoxy groups -OCH3 is 1. The molecule has 178 valence electrons. The minimum atomic E-state index is -0.655. The van der Waals surface area contributed by atoms with E-state index in [1.165, 1.54) is 6.33 Å². The van der Waals surface area contributed by atoms with Crippen LogP contribution in [0.4, 0.5) is 23.0 Å². The number of carbonyl (C=O) groups is 2. The standard InChI is InChI=1S/C24H28N6O4/c1-24(2,3)23(32)34-30-21-12-20(27-14-28-21)29-19-10-7-16(11-18(19)25)22(31)26-13-15-5-8-17(33-4)9-6-15/h5-12,14H,13,25H2,1-4H3,(H,26,31)(H2,27,28,29,30). The van der Waals surface area contributed by atoms with Crippen LogP contribution in [-0.2, 0) is 16.2 Å². The molecule has 0 bridgehead atoms. The molecule has 0 aliphatic heterocycles. The van der Waals surface area contributed by atoms with Crippen LogP contribution in [0.5, 0.6) is 5.75 Å². The summed E-state index contributed by atoms with van der Waals surface area (Å²) >= 11 is 0. The predicted octanol–water partition coefficient (Wildman–Crippen LogP) is 3.66. The maximum absolute atomic E-state index is 12.5. The number of aromatic nitrogens is 2. The average molecular weight is 465 g/mol. The van der Waals surface area contributed by atoms with Crippen LogP contribution in [0.1, 0.15) is 36.7 Å². The molecule has 1 heterocycles. The van der Waals surface area contributed by atoms with Crippen molar-refractivity contribution in [3.05, 3.63) is 66.0 Å². The van der Waals surface area contributed by atoms with Crippen molar-refractivity contribution in [2.45, 2.75) is 27.3 Å². The van der Waals surface area contributed by atoms with E-state index in [2.05, 4.69) is 26.1 Å². The van der Waals surface area contributed by atoms with E-state index in [0.717, 1.165) is 11.3 Å². The zero-order chi connectivity index (χ0) is 24.7. The van der Waals surface area contributed by atoms with Gasteiger partial charge in [0.25, 0.3) is 5.91 Å². The third-order valence-corrected chi connectivity index (χ3v) is 4.72. The van der Waals surface area contributed by atoms with E-state index < -0.39 is 11.4 Å². The molecule has 0 saturated carbocycles. The molecule has 0 unspecified atom stereocenters. The Labute approximate surface area is 197 Å². The fourth-order valence-electron chi connectivity index (χ4n) is 2.72. The first-order chi connectivity index (χ1) is 16.2. The second-order valence-corrected chi connectivity index (χ2v) is 8.49. The molecule has 0 saturated heterocycles. The third-order valence-electron chi connectivity index (χ3n) is 4.72. The fourth-order valence-corrected chi connectivity index (χ4v) is 2.72. The van der Waals surface area contributed by atoms with Crippen LogP contribution in [0.15, 0.2) is 54.9 Å². The zero-order valence-corrected chi connectivity index (χ0v) is 19.5. The van der Waals surface area contributed by atoms with E-state index in [1.54, 1.807) is 52.1 Å². The topological polar surface area (TPSA) is 140 Å². The van der Waals surface area contributed by atoms with Gasteiger partial charge in [-0.3, -0.25) is 4.79 Å². The molecule has 1 aromatic heterocycles.